The van der Waals surface area contributed by atoms with E-state index >= 15 is 0 Å². The summed E-state index contributed by atoms with van der Waals surface area (Å²) in [5.41, 5.74) is 6.44. The minimum atomic E-state index is -0.280. The zero-order valence-corrected chi connectivity index (χ0v) is 10.5. The van der Waals surface area contributed by atoms with E-state index in [1.807, 2.05) is 13.8 Å². The van der Waals surface area contributed by atoms with Gasteiger partial charge in [0.2, 0.25) is 17.6 Å². The average molecular weight is 249 g/mol. The van der Waals surface area contributed by atoms with Gasteiger partial charge in [-0.3, -0.25) is 0 Å². The lowest BCUT2D eigenvalue weighted by Gasteiger charge is -2.09. The third-order valence-electron chi connectivity index (χ3n) is 2.52. The molecule has 2 heterocycles. The molecule has 0 saturated heterocycles. The summed E-state index contributed by atoms with van der Waals surface area (Å²) in [7, 11) is 1.53. The molecule has 2 aromatic rings. The van der Waals surface area contributed by atoms with Crippen LogP contribution in [0.1, 0.15) is 25.8 Å². The van der Waals surface area contributed by atoms with Crippen LogP contribution in [-0.2, 0) is 0 Å². The Morgan fingerprint density at radius 3 is 2.61 bits per heavy atom. The summed E-state index contributed by atoms with van der Waals surface area (Å²) >= 11 is 0. The van der Waals surface area contributed by atoms with Gasteiger partial charge in [-0.15, -0.1) is 10.2 Å². The maximum Gasteiger partial charge on any atom is 0.244 e. The molecule has 7 nitrogen and oxygen atoms in total. The summed E-state index contributed by atoms with van der Waals surface area (Å²) in [5, 5.41) is 11.6. The Kier molecular flexibility index (Phi) is 3.52. The molecule has 0 aromatic carbocycles. The van der Waals surface area contributed by atoms with Crippen molar-refractivity contribution in [3.63, 3.8) is 0 Å². The van der Waals surface area contributed by atoms with Crippen LogP contribution < -0.4 is 10.5 Å². The Balaban J connectivity index is 2.23. The van der Waals surface area contributed by atoms with Gasteiger partial charge in [-0.25, -0.2) is 0 Å². The van der Waals surface area contributed by atoms with Crippen molar-refractivity contribution in [3.05, 3.63) is 18.0 Å². The normalized spacial score (nSPS) is 12.7. The molecule has 0 bridgehead atoms. The largest absolute Gasteiger partial charge is 0.480 e. The molecule has 1 atom stereocenters. The summed E-state index contributed by atoms with van der Waals surface area (Å²) in [4.78, 5) is 4.21. The predicted octanol–water partition coefficient (Wildman–Crippen LogP) is 1.19. The van der Waals surface area contributed by atoms with Crippen LogP contribution in [0.3, 0.4) is 0 Å². The molecule has 0 amide bonds. The molecule has 18 heavy (non-hydrogen) atoms. The van der Waals surface area contributed by atoms with E-state index < -0.39 is 0 Å². The number of rotatable bonds is 4. The quantitative estimate of drug-likeness (QED) is 0.868. The van der Waals surface area contributed by atoms with E-state index in [2.05, 4.69) is 20.3 Å². The van der Waals surface area contributed by atoms with Crippen LogP contribution in [-0.4, -0.2) is 27.4 Å². The molecule has 0 aliphatic heterocycles. The van der Waals surface area contributed by atoms with Gasteiger partial charge in [0.25, 0.3) is 0 Å². The second kappa shape index (κ2) is 5.09. The number of hydrogen-bond donors (Lipinski definition) is 1. The molecule has 0 saturated carbocycles. The Bertz CT molecular complexity index is 508. The molecule has 2 aromatic heterocycles. The van der Waals surface area contributed by atoms with E-state index in [-0.39, 0.29) is 12.0 Å². The van der Waals surface area contributed by atoms with Gasteiger partial charge in [-0.1, -0.05) is 19.0 Å². The first-order valence-electron chi connectivity index (χ1n) is 5.59. The fourth-order valence-corrected chi connectivity index (χ4v) is 1.31. The fraction of sp³-hybridized carbons (Fsp3) is 0.455. The maximum atomic E-state index is 5.92. The lowest BCUT2D eigenvalue weighted by molar-refractivity contribution is 0.325. The fourth-order valence-electron chi connectivity index (χ4n) is 1.31. The highest BCUT2D eigenvalue weighted by atomic mass is 16.5. The predicted molar refractivity (Wildman–Crippen MR) is 63.6 cm³/mol. The zero-order chi connectivity index (χ0) is 13.1. The third-order valence-corrected chi connectivity index (χ3v) is 2.52. The van der Waals surface area contributed by atoms with Crippen molar-refractivity contribution in [1.29, 1.82) is 0 Å². The van der Waals surface area contributed by atoms with Crippen LogP contribution in [0.4, 0.5) is 0 Å². The number of nitrogens with zero attached hydrogens (tertiary/aromatic N) is 4. The van der Waals surface area contributed by atoms with Crippen molar-refractivity contribution in [3.8, 4) is 17.4 Å². The van der Waals surface area contributed by atoms with E-state index in [9.17, 15) is 0 Å². The van der Waals surface area contributed by atoms with Crippen LogP contribution >= 0.6 is 0 Å². The molecule has 2 N–H and O–H groups in total. The van der Waals surface area contributed by atoms with Crippen molar-refractivity contribution < 1.29 is 9.26 Å². The van der Waals surface area contributed by atoms with Gasteiger partial charge in [0.1, 0.15) is 5.69 Å². The minimum absolute atomic E-state index is 0.222. The van der Waals surface area contributed by atoms with Crippen LogP contribution in [0.2, 0.25) is 0 Å². The van der Waals surface area contributed by atoms with Gasteiger partial charge < -0.3 is 15.0 Å². The van der Waals surface area contributed by atoms with Crippen molar-refractivity contribution in [1.82, 2.24) is 20.3 Å². The van der Waals surface area contributed by atoms with Crippen LogP contribution in [0.25, 0.3) is 11.5 Å². The molecular weight excluding hydrogens is 234 g/mol. The molecule has 0 aliphatic rings. The zero-order valence-electron chi connectivity index (χ0n) is 10.5. The highest BCUT2D eigenvalue weighted by molar-refractivity contribution is 5.47. The molecule has 96 valence electrons. The molecule has 2 rings (SSSR count). The molecule has 0 fully saturated rings. The third kappa shape index (κ3) is 2.45. The topological polar surface area (TPSA) is 100.0 Å². The van der Waals surface area contributed by atoms with E-state index in [0.717, 1.165) is 0 Å². The maximum absolute atomic E-state index is 5.92. The van der Waals surface area contributed by atoms with Crippen molar-refractivity contribution >= 4 is 0 Å². The van der Waals surface area contributed by atoms with E-state index in [1.54, 1.807) is 12.1 Å². The van der Waals surface area contributed by atoms with Crippen molar-refractivity contribution in [2.75, 3.05) is 7.11 Å². The lowest BCUT2D eigenvalue weighted by atomic mass is 10.1. The van der Waals surface area contributed by atoms with E-state index in [4.69, 9.17) is 15.0 Å². The second-order valence-electron chi connectivity index (χ2n) is 4.19. The number of nitrogens with two attached hydrogens (primary N) is 1. The van der Waals surface area contributed by atoms with Gasteiger partial charge >= 0.3 is 0 Å². The van der Waals surface area contributed by atoms with E-state index in [1.165, 1.54) is 7.11 Å². The highest BCUT2D eigenvalue weighted by Crippen LogP contribution is 2.20. The van der Waals surface area contributed by atoms with Crippen LogP contribution in [0.15, 0.2) is 16.7 Å². The summed E-state index contributed by atoms with van der Waals surface area (Å²) < 4.78 is 10.0. The lowest BCUT2D eigenvalue weighted by Crippen LogP contribution is -2.16. The monoisotopic (exact) mass is 249 g/mol. The number of hydrogen-bond acceptors (Lipinski definition) is 7. The minimum Gasteiger partial charge on any atom is -0.480 e. The molecule has 0 spiro atoms. The van der Waals surface area contributed by atoms with Crippen molar-refractivity contribution in [2.24, 2.45) is 11.7 Å². The Morgan fingerprint density at radius 2 is 2.06 bits per heavy atom. The van der Waals surface area contributed by atoms with Gasteiger partial charge in [-0.2, -0.15) is 4.98 Å². The van der Waals surface area contributed by atoms with Crippen LogP contribution in [0.5, 0.6) is 5.88 Å². The molecular formula is C11H15N5O2. The summed E-state index contributed by atoms with van der Waals surface area (Å²) in [5.74, 6) is 1.43. The summed E-state index contributed by atoms with van der Waals surface area (Å²) in [6, 6.07) is 3.11. The van der Waals surface area contributed by atoms with Crippen LogP contribution in [0, 0.1) is 5.92 Å². The summed E-state index contributed by atoms with van der Waals surface area (Å²) in [6.07, 6.45) is 0. The molecule has 7 heteroatoms. The second-order valence-corrected chi connectivity index (χ2v) is 4.19. The average Bonchev–Trinajstić information content (AvgIpc) is 2.87. The van der Waals surface area contributed by atoms with E-state index in [0.29, 0.717) is 23.3 Å². The van der Waals surface area contributed by atoms with Gasteiger partial charge in [-0.05, 0) is 12.0 Å². The number of ether oxygens (including phenoxy) is 1. The first-order chi connectivity index (χ1) is 8.61. The first-order valence-corrected chi connectivity index (χ1v) is 5.59. The van der Waals surface area contributed by atoms with Gasteiger partial charge in [0.15, 0.2) is 0 Å². The SMILES string of the molecule is COc1ccc(-c2noc([C@H](N)C(C)C)n2)nn1. The first kappa shape index (κ1) is 12.4. The molecule has 0 aliphatic carbocycles. The number of methoxy groups -OCH3 is 1. The van der Waals surface area contributed by atoms with Crippen molar-refractivity contribution in [2.45, 2.75) is 19.9 Å². The summed E-state index contributed by atoms with van der Waals surface area (Å²) in [6.45, 7) is 3.98. The molecule has 0 unspecified atom stereocenters. The Morgan fingerprint density at radius 1 is 1.28 bits per heavy atom. The Hall–Kier alpha value is -2.02. The molecule has 0 radical (unpaired) electrons. The standard InChI is InChI=1S/C11H15N5O2/c1-6(2)9(12)11-13-10(16-18-11)7-4-5-8(17-3)15-14-7/h4-6,9H,12H2,1-3H3/t9-/m1/s1. The number of aromatic nitrogens is 4. The van der Waals surface area contributed by atoms with Gasteiger partial charge in [0.05, 0.1) is 13.2 Å². The smallest absolute Gasteiger partial charge is 0.244 e. The highest BCUT2D eigenvalue weighted by Gasteiger charge is 2.19. The van der Waals surface area contributed by atoms with Gasteiger partial charge in [0, 0.05) is 6.07 Å². The Labute approximate surface area is 104 Å².